The van der Waals surface area contributed by atoms with E-state index >= 15 is 0 Å². The van der Waals surface area contributed by atoms with Gasteiger partial charge >= 0.3 is 11.9 Å². The second-order valence-corrected chi connectivity index (χ2v) is 4.01. The summed E-state index contributed by atoms with van der Waals surface area (Å²) in [5, 5.41) is 2.58. The van der Waals surface area contributed by atoms with Gasteiger partial charge in [0.25, 0.3) is 0 Å². The van der Waals surface area contributed by atoms with Crippen LogP contribution < -0.4 is 5.32 Å². The van der Waals surface area contributed by atoms with Crippen LogP contribution in [-0.2, 0) is 23.9 Å². The minimum Gasteiger partial charge on any atom is -0.469 e. The normalized spacial score (nSPS) is 13.3. The van der Waals surface area contributed by atoms with E-state index in [1.807, 2.05) is 6.92 Å². The lowest BCUT2D eigenvalue weighted by molar-refractivity contribution is -0.146. The molecule has 0 heterocycles. The number of nitrogens with one attached hydrogen (secondary N) is 1. The lowest BCUT2D eigenvalue weighted by atomic mass is 10.1. The van der Waals surface area contributed by atoms with Crippen LogP contribution in [0.4, 0.5) is 0 Å². The van der Waals surface area contributed by atoms with E-state index in [0.717, 1.165) is 0 Å². The van der Waals surface area contributed by atoms with Crippen LogP contribution in [0.3, 0.4) is 0 Å². The van der Waals surface area contributed by atoms with Gasteiger partial charge in [0.2, 0.25) is 5.91 Å². The first kappa shape index (κ1) is 16.4. The van der Waals surface area contributed by atoms with Gasteiger partial charge < -0.3 is 14.8 Å². The maximum atomic E-state index is 11.7. The third-order valence-corrected chi connectivity index (χ3v) is 2.73. The molecule has 2 unspecified atom stereocenters. The summed E-state index contributed by atoms with van der Waals surface area (Å²) in [7, 11) is 2.51. The molecule has 0 spiro atoms. The van der Waals surface area contributed by atoms with Crippen LogP contribution in [0, 0.1) is 5.92 Å². The third-order valence-electron chi connectivity index (χ3n) is 2.73. The highest BCUT2D eigenvalue weighted by Gasteiger charge is 2.24. The molecule has 0 aliphatic heterocycles. The first-order valence-electron chi connectivity index (χ1n) is 5.91. The van der Waals surface area contributed by atoms with Crippen LogP contribution in [0.25, 0.3) is 0 Å². The van der Waals surface area contributed by atoms with Crippen molar-refractivity contribution in [1.29, 1.82) is 0 Å². The number of methoxy groups -OCH3 is 2. The molecule has 0 aliphatic rings. The van der Waals surface area contributed by atoms with Gasteiger partial charge in [0.15, 0.2) is 0 Å². The Hall–Kier alpha value is -1.59. The van der Waals surface area contributed by atoms with Crippen molar-refractivity contribution in [3.05, 3.63) is 0 Å². The standard InChI is InChI=1S/C12H21NO5/c1-5-8(2)11(15)13-9(12(16)18-4)6-7-10(14)17-3/h8-9H,5-7H2,1-4H3,(H,13,15). The largest absolute Gasteiger partial charge is 0.469 e. The fraction of sp³-hybridized carbons (Fsp3) is 0.750. The zero-order valence-electron chi connectivity index (χ0n) is 11.3. The van der Waals surface area contributed by atoms with Crippen molar-refractivity contribution in [1.82, 2.24) is 5.32 Å². The van der Waals surface area contributed by atoms with E-state index in [-0.39, 0.29) is 24.7 Å². The number of carbonyl (C=O) groups excluding carboxylic acids is 3. The molecule has 1 amide bonds. The van der Waals surface area contributed by atoms with Crippen molar-refractivity contribution < 1.29 is 23.9 Å². The smallest absolute Gasteiger partial charge is 0.328 e. The van der Waals surface area contributed by atoms with Crippen LogP contribution in [0.5, 0.6) is 0 Å². The Morgan fingerprint density at radius 3 is 2.22 bits per heavy atom. The predicted octanol–water partition coefficient (Wildman–Crippen LogP) is 0.643. The highest BCUT2D eigenvalue weighted by atomic mass is 16.5. The molecule has 0 saturated heterocycles. The van der Waals surface area contributed by atoms with Gasteiger partial charge in [0, 0.05) is 12.3 Å². The van der Waals surface area contributed by atoms with Crippen molar-refractivity contribution in [2.75, 3.05) is 14.2 Å². The van der Waals surface area contributed by atoms with Crippen LogP contribution in [0.2, 0.25) is 0 Å². The molecule has 18 heavy (non-hydrogen) atoms. The topological polar surface area (TPSA) is 81.7 Å². The van der Waals surface area contributed by atoms with Gasteiger partial charge in [-0.3, -0.25) is 9.59 Å². The SMILES string of the molecule is CCC(C)C(=O)NC(CCC(=O)OC)C(=O)OC. The average Bonchev–Trinajstić information content (AvgIpc) is 2.40. The van der Waals surface area contributed by atoms with Crippen LogP contribution in [0.15, 0.2) is 0 Å². The third kappa shape index (κ3) is 5.65. The molecule has 0 fully saturated rings. The van der Waals surface area contributed by atoms with Crippen LogP contribution in [0.1, 0.15) is 33.1 Å². The fourth-order valence-corrected chi connectivity index (χ4v) is 1.25. The number of amides is 1. The van der Waals surface area contributed by atoms with Gasteiger partial charge in [0.05, 0.1) is 14.2 Å². The number of ether oxygens (including phenoxy) is 2. The minimum atomic E-state index is -0.810. The summed E-state index contributed by atoms with van der Waals surface area (Å²) in [6, 6.07) is -0.810. The summed E-state index contributed by atoms with van der Waals surface area (Å²) in [6.45, 7) is 3.65. The van der Waals surface area contributed by atoms with Crippen molar-refractivity contribution in [2.45, 2.75) is 39.2 Å². The zero-order valence-corrected chi connectivity index (χ0v) is 11.3. The minimum absolute atomic E-state index is 0.0526. The molecule has 6 heteroatoms. The van der Waals surface area contributed by atoms with E-state index in [0.29, 0.717) is 6.42 Å². The molecule has 0 rings (SSSR count). The predicted molar refractivity (Wildman–Crippen MR) is 64.7 cm³/mol. The summed E-state index contributed by atoms with van der Waals surface area (Å²) < 4.78 is 9.07. The van der Waals surface area contributed by atoms with Gasteiger partial charge in [0.1, 0.15) is 6.04 Å². The molecule has 6 nitrogen and oxygen atoms in total. The molecular weight excluding hydrogens is 238 g/mol. The molecule has 0 aromatic carbocycles. The number of rotatable bonds is 7. The summed E-state index contributed by atoms with van der Waals surface area (Å²) in [5.74, 6) is -1.40. The summed E-state index contributed by atoms with van der Waals surface area (Å²) in [4.78, 5) is 34.2. The molecule has 0 aliphatic carbocycles. The molecule has 0 bridgehead atoms. The zero-order chi connectivity index (χ0) is 14.1. The summed E-state index contributed by atoms with van der Waals surface area (Å²) in [6.07, 6.45) is 0.898. The monoisotopic (exact) mass is 259 g/mol. The van der Waals surface area contributed by atoms with E-state index in [1.54, 1.807) is 6.92 Å². The Labute approximate surface area is 107 Å². The van der Waals surface area contributed by atoms with Gasteiger partial charge in [-0.05, 0) is 12.8 Å². The summed E-state index contributed by atoms with van der Waals surface area (Å²) in [5.41, 5.74) is 0. The highest BCUT2D eigenvalue weighted by Crippen LogP contribution is 2.05. The molecule has 0 aromatic heterocycles. The second kappa shape index (κ2) is 8.49. The Bertz CT molecular complexity index is 303. The maximum absolute atomic E-state index is 11.7. The number of esters is 2. The van der Waals surface area contributed by atoms with Crippen molar-refractivity contribution in [3.63, 3.8) is 0 Å². The van der Waals surface area contributed by atoms with Gasteiger partial charge in [-0.1, -0.05) is 13.8 Å². The first-order chi connectivity index (χ1) is 8.46. The number of hydrogen-bond donors (Lipinski definition) is 1. The second-order valence-electron chi connectivity index (χ2n) is 4.01. The molecule has 104 valence electrons. The van der Waals surface area contributed by atoms with Gasteiger partial charge in [-0.25, -0.2) is 4.79 Å². The number of hydrogen-bond acceptors (Lipinski definition) is 5. The molecule has 0 radical (unpaired) electrons. The quantitative estimate of drug-likeness (QED) is 0.679. The molecule has 0 saturated carbocycles. The van der Waals surface area contributed by atoms with Crippen LogP contribution >= 0.6 is 0 Å². The van der Waals surface area contributed by atoms with Crippen molar-refractivity contribution in [2.24, 2.45) is 5.92 Å². The van der Waals surface area contributed by atoms with Gasteiger partial charge in [-0.2, -0.15) is 0 Å². The Morgan fingerprint density at radius 2 is 1.78 bits per heavy atom. The number of carbonyl (C=O) groups is 3. The molecular formula is C12H21NO5. The van der Waals surface area contributed by atoms with E-state index in [4.69, 9.17) is 0 Å². The maximum Gasteiger partial charge on any atom is 0.328 e. The molecule has 0 aromatic rings. The molecule has 2 atom stereocenters. The summed E-state index contributed by atoms with van der Waals surface area (Å²) >= 11 is 0. The Kier molecular flexibility index (Phi) is 7.74. The lowest BCUT2D eigenvalue weighted by Gasteiger charge is -2.18. The van der Waals surface area contributed by atoms with Crippen molar-refractivity contribution in [3.8, 4) is 0 Å². The Morgan fingerprint density at radius 1 is 1.17 bits per heavy atom. The average molecular weight is 259 g/mol. The van der Waals surface area contributed by atoms with Crippen molar-refractivity contribution >= 4 is 17.8 Å². The van der Waals surface area contributed by atoms with E-state index in [9.17, 15) is 14.4 Å². The molecule has 1 N–H and O–H groups in total. The first-order valence-corrected chi connectivity index (χ1v) is 5.91. The highest BCUT2D eigenvalue weighted by molar-refractivity contribution is 5.85. The lowest BCUT2D eigenvalue weighted by Crippen LogP contribution is -2.44. The fourth-order valence-electron chi connectivity index (χ4n) is 1.25. The van der Waals surface area contributed by atoms with E-state index in [2.05, 4.69) is 14.8 Å². The van der Waals surface area contributed by atoms with Gasteiger partial charge in [-0.15, -0.1) is 0 Å². The van der Waals surface area contributed by atoms with E-state index < -0.39 is 18.0 Å². The van der Waals surface area contributed by atoms with Crippen LogP contribution in [-0.4, -0.2) is 38.1 Å². The Balaban J connectivity index is 4.45. The van der Waals surface area contributed by atoms with E-state index in [1.165, 1.54) is 14.2 Å².